The summed E-state index contributed by atoms with van der Waals surface area (Å²) in [5.41, 5.74) is 1.23. The van der Waals surface area contributed by atoms with Gasteiger partial charge in [0.15, 0.2) is 0 Å². The standard InChI is InChI=1S/C24H28F2N6O2/c1-16(2)12-13-27-24(34)17(3)31(14-18-4-8-20(25)9-5-18)22(33)15-32-29-23(28-30-32)19-6-10-21(26)11-7-19/h4-11,16-17H,12-15H2,1-3H3,(H,27,34). The minimum atomic E-state index is -0.773. The molecule has 1 heterocycles. The van der Waals surface area contributed by atoms with Crippen molar-refractivity contribution in [3.63, 3.8) is 0 Å². The summed E-state index contributed by atoms with van der Waals surface area (Å²) in [6, 6.07) is 10.6. The van der Waals surface area contributed by atoms with Crippen molar-refractivity contribution in [3.8, 4) is 11.4 Å². The van der Waals surface area contributed by atoms with Gasteiger partial charge >= 0.3 is 0 Å². The van der Waals surface area contributed by atoms with Gasteiger partial charge in [-0.1, -0.05) is 26.0 Å². The lowest BCUT2D eigenvalue weighted by atomic mass is 10.1. The summed E-state index contributed by atoms with van der Waals surface area (Å²) in [7, 11) is 0. The number of tetrazole rings is 1. The zero-order chi connectivity index (χ0) is 24.7. The number of rotatable bonds is 10. The second-order valence-electron chi connectivity index (χ2n) is 8.45. The smallest absolute Gasteiger partial charge is 0.247 e. The number of nitrogens with zero attached hydrogens (tertiary/aromatic N) is 5. The quantitative estimate of drug-likeness (QED) is 0.491. The first-order chi connectivity index (χ1) is 16.2. The largest absolute Gasteiger partial charge is 0.354 e. The van der Waals surface area contributed by atoms with Gasteiger partial charge in [-0.15, -0.1) is 10.2 Å². The van der Waals surface area contributed by atoms with Crippen molar-refractivity contribution in [2.24, 2.45) is 5.92 Å². The molecule has 0 radical (unpaired) electrons. The van der Waals surface area contributed by atoms with E-state index in [4.69, 9.17) is 0 Å². The van der Waals surface area contributed by atoms with Crippen LogP contribution in [0.1, 0.15) is 32.8 Å². The fourth-order valence-corrected chi connectivity index (χ4v) is 3.24. The molecule has 1 atom stereocenters. The van der Waals surface area contributed by atoms with Crippen molar-refractivity contribution in [1.82, 2.24) is 30.4 Å². The van der Waals surface area contributed by atoms with Gasteiger partial charge in [0.25, 0.3) is 0 Å². The van der Waals surface area contributed by atoms with Gasteiger partial charge in [0.2, 0.25) is 17.6 Å². The average molecular weight is 471 g/mol. The number of aromatic nitrogens is 4. The highest BCUT2D eigenvalue weighted by molar-refractivity contribution is 5.87. The van der Waals surface area contributed by atoms with Crippen molar-refractivity contribution in [2.75, 3.05) is 6.54 Å². The highest BCUT2D eigenvalue weighted by Gasteiger charge is 2.27. The van der Waals surface area contributed by atoms with E-state index < -0.39 is 11.9 Å². The average Bonchev–Trinajstić information content (AvgIpc) is 3.26. The van der Waals surface area contributed by atoms with E-state index in [1.807, 2.05) is 0 Å². The second kappa shape index (κ2) is 11.4. The third-order valence-corrected chi connectivity index (χ3v) is 5.29. The lowest BCUT2D eigenvalue weighted by Gasteiger charge is -2.28. The Labute approximate surface area is 197 Å². The molecule has 34 heavy (non-hydrogen) atoms. The van der Waals surface area contributed by atoms with E-state index in [1.54, 1.807) is 19.1 Å². The molecule has 0 spiro atoms. The van der Waals surface area contributed by atoms with Crippen LogP contribution in [0.5, 0.6) is 0 Å². The molecule has 10 heteroatoms. The molecule has 1 aromatic heterocycles. The molecule has 0 saturated carbocycles. The maximum atomic E-state index is 13.3. The number of hydrogen-bond donors (Lipinski definition) is 1. The summed E-state index contributed by atoms with van der Waals surface area (Å²) in [6.45, 7) is 6.13. The third kappa shape index (κ3) is 6.90. The maximum absolute atomic E-state index is 13.3. The molecule has 1 N–H and O–H groups in total. The van der Waals surface area contributed by atoms with Gasteiger partial charge in [-0.25, -0.2) is 8.78 Å². The zero-order valence-corrected chi connectivity index (χ0v) is 19.4. The van der Waals surface area contributed by atoms with Crippen LogP contribution >= 0.6 is 0 Å². The van der Waals surface area contributed by atoms with Gasteiger partial charge in [0.05, 0.1) is 0 Å². The normalized spacial score (nSPS) is 11.9. The molecular weight excluding hydrogens is 442 g/mol. The molecule has 8 nitrogen and oxygen atoms in total. The predicted molar refractivity (Wildman–Crippen MR) is 122 cm³/mol. The lowest BCUT2D eigenvalue weighted by Crippen LogP contribution is -2.49. The van der Waals surface area contributed by atoms with Crippen molar-refractivity contribution in [3.05, 3.63) is 65.7 Å². The summed E-state index contributed by atoms with van der Waals surface area (Å²) in [5, 5.41) is 14.9. The Hall–Kier alpha value is -3.69. The minimum Gasteiger partial charge on any atom is -0.354 e. The Morgan fingerprint density at radius 3 is 2.24 bits per heavy atom. The van der Waals surface area contributed by atoms with E-state index in [0.29, 0.717) is 23.6 Å². The maximum Gasteiger partial charge on any atom is 0.247 e. The summed E-state index contributed by atoms with van der Waals surface area (Å²) in [6.07, 6.45) is 0.819. The molecule has 0 saturated heterocycles. The molecule has 2 aromatic carbocycles. The van der Waals surface area contributed by atoms with Crippen LogP contribution in [-0.4, -0.2) is 49.5 Å². The van der Waals surface area contributed by atoms with Crippen LogP contribution in [0.4, 0.5) is 8.78 Å². The number of hydrogen-bond acceptors (Lipinski definition) is 5. The molecule has 1 unspecified atom stereocenters. The molecule has 2 amide bonds. The van der Waals surface area contributed by atoms with E-state index in [1.165, 1.54) is 41.3 Å². The van der Waals surface area contributed by atoms with Gasteiger partial charge in [0, 0.05) is 18.7 Å². The first-order valence-electron chi connectivity index (χ1n) is 11.1. The molecule has 0 fully saturated rings. The van der Waals surface area contributed by atoms with E-state index >= 15 is 0 Å². The Morgan fingerprint density at radius 1 is 1.00 bits per heavy atom. The van der Waals surface area contributed by atoms with Gasteiger partial charge in [-0.3, -0.25) is 9.59 Å². The minimum absolute atomic E-state index is 0.109. The molecule has 3 aromatic rings. The van der Waals surface area contributed by atoms with Crippen molar-refractivity contribution in [2.45, 2.75) is 46.3 Å². The topological polar surface area (TPSA) is 93.0 Å². The SMILES string of the molecule is CC(C)CCNC(=O)C(C)N(Cc1ccc(F)cc1)C(=O)Cn1nnc(-c2ccc(F)cc2)n1. The van der Waals surface area contributed by atoms with Crippen LogP contribution in [0, 0.1) is 17.6 Å². The Balaban J connectivity index is 1.74. The number of carbonyl (C=O) groups is 2. The van der Waals surface area contributed by atoms with E-state index in [-0.39, 0.29) is 36.5 Å². The van der Waals surface area contributed by atoms with E-state index in [0.717, 1.165) is 11.2 Å². The van der Waals surface area contributed by atoms with Crippen molar-refractivity contribution >= 4 is 11.8 Å². The third-order valence-electron chi connectivity index (χ3n) is 5.29. The molecule has 0 aliphatic rings. The van der Waals surface area contributed by atoms with E-state index in [2.05, 4.69) is 34.6 Å². The Kier molecular flexibility index (Phi) is 8.39. The van der Waals surface area contributed by atoms with Gasteiger partial charge in [-0.05, 0) is 66.4 Å². The van der Waals surface area contributed by atoms with Gasteiger partial charge in [-0.2, -0.15) is 4.80 Å². The molecule has 0 aliphatic heterocycles. The zero-order valence-electron chi connectivity index (χ0n) is 19.4. The molecular formula is C24H28F2N6O2. The molecule has 3 rings (SSSR count). The van der Waals surface area contributed by atoms with Crippen molar-refractivity contribution in [1.29, 1.82) is 0 Å². The highest BCUT2D eigenvalue weighted by Crippen LogP contribution is 2.15. The van der Waals surface area contributed by atoms with Gasteiger partial charge < -0.3 is 10.2 Å². The Bertz CT molecular complexity index is 1100. The van der Waals surface area contributed by atoms with Crippen LogP contribution in [-0.2, 0) is 22.7 Å². The first kappa shape index (κ1) is 24.9. The summed E-state index contributed by atoms with van der Waals surface area (Å²) >= 11 is 0. The number of amides is 2. The number of nitrogens with one attached hydrogen (secondary N) is 1. The monoisotopic (exact) mass is 470 g/mol. The van der Waals surface area contributed by atoms with Crippen LogP contribution in [0.25, 0.3) is 11.4 Å². The second-order valence-corrected chi connectivity index (χ2v) is 8.45. The fourth-order valence-electron chi connectivity index (χ4n) is 3.24. The van der Waals surface area contributed by atoms with Gasteiger partial charge in [0.1, 0.15) is 24.2 Å². The predicted octanol–water partition coefficient (Wildman–Crippen LogP) is 3.20. The number of benzene rings is 2. The van der Waals surface area contributed by atoms with Crippen LogP contribution < -0.4 is 5.32 Å². The lowest BCUT2D eigenvalue weighted by molar-refractivity contribution is -0.141. The van der Waals surface area contributed by atoms with Crippen molar-refractivity contribution < 1.29 is 18.4 Å². The molecule has 180 valence electrons. The molecule has 0 aliphatic carbocycles. The summed E-state index contributed by atoms with van der Waals surface area (Å²) in [5.74, 6) is -0.781. The first-order valence-corrected chi connectivity index (χ1v) is 11.1. The van der Waals surface area contributed by atoms with E-state index in [9.17, 15) is 18.4 Å². The van der Waals surface area contributed by atoms with Crippen LogP contribution in [0.15, 0.2) is 48.5 Å². The number of carbonyl (C=O) groups excluding carboxylic acids is 2. The Morgan fingerprint density at radius 2 is 1.62 bits per heavy atom. The highest BCUT2D eigenvalue weighted by atomic mass is 19.1. The van der Waals surface area contributed by atoms with Crippen LogP contribution in [0.3, 0.4) is 0 Å². The van der Waals surface area contributed by atoms with Crippen LogP contribution in [0.2, 0.25) is 0 Å². The molecule has 0 bridgehead atoms. The summed E-state index contributed by atoms with van der Waals surface area (Å²) in [4.78, 5) is 28.5. The summed E-state index contributed by atoms with van der Waals surface area (Å²) < 4.78 is 26.5. The number of halogens is 2. The fraction of sp³-hybridized carbons (Fsp3) is 0.375.